The van der Waals surface area contributed by atoms with Gasteiger partial charge < -0.3 is 0 Å². The summed E-state index contributed by atoms with van der Waals surface area (Å²) in [6.45, 7) is 2.46. The fourth-order valence-electron chi connectivity index (χ4n) is 2.30. The van der Waals surface area contributed by atoms with E-state index in [-0.39, 0.29) is 10.0 Å². The van der Waals surface area contributed by atoms with Crippen LogP contribution in [0.15, 0.2) is 0 Å². The van der Waals surface area contributed by atoms with Gasteiger partial charge in [-0.15, -0.1) is 0 Å². The molecule has 0 nitrogen and oxygen atoms in total. The van der Waals surface area contributed by atoms with Gasteiger partial charge in [-0.1, -0.05) is 19.8 Å². The first kappa shape index (κ1) is 7.97. The summed E-state index contributed by atoms with van der Waals surface area (Å²) >= 11 is 0. The Kier molecular flexibility index (Phi) is 1.95. The summed E-state index contributed by atoms with van der Waals surface area (Å²) in [7, 11) is 0.00954. The molecule has 66 valence electrons. The van der Waals surface area contributed by atoms with E-state index in [9.17, 15) is 0 Å². The molecule has 1 saturated carbocycles. The van der Waals surface area contributed by atoms with E-state index in [1.54, 1.807) is 23.7 Å². The Labute approximate surface area is 72.1 Å². The lowest BCUT2D eigenvalue weighted by Crippen LogP contribution is -2.09. The molecule has 0 radical (unpaired) electrons. The Balaban J connectivity index is 1.85. The lowest BCUT2D eigenvalue weighted by Gasteiger charge is -2.22. The zero-order valence-corrected chi connectivity index (χ0v) is 8.62. The minimum absolute atomic E-state index is 0.00954. The molecule has 0 aromatic carbocycles. The van der Waals surface area contributed by atoms with Crippen LogP contribution < -0.4 is 0 Å². The van der Waals surface area contributed by atoms with E-state index in [0.717, 1.165) is 11.8 Å². The average molecular weight is 172 g/mol. The minimum Gasteiger partial charge on any atom is -0.242 e. The molecule has 0 amide bonds. The van der Waals surface area contributed by atoms with Gasteiger partial charge in [0, 0.05) is 0 Å². The molecular formula is C10H20S. The van der Waals surface area contributed by atoms with Crippen molar-refractivity contribution >= 4 is 10.0 Å². The third-order valence-corrected chi connectivity index (χ3v) is 6.59. The number of hydrogen-bond acceptors (Lipinski definition) is 0. The minimum atomic E-state index is 0.00954. The van der Waals surface area contributed by atoms with E-state index >= 15 is 0 Å². The van der Waals surface area contributed by atoms with E-state index in [1.165, 1.54) is 12.8 Å². The van der Waals surface area contributed by atoms with Crippen LogP contribution in [0.1, 0.15) is 26.2 Å². The SMILES string of the molecule is C[C@H]1CCCC1CS1(C)CC1. The van der Waals surface area contributed by atoms with Crippen LogP contribution in [0.25, 0.3) is 0 Å². The van der Waals surface area contributed by atoms with Crippen molar-refractivity contribution in [3.63, 3.8) is 0 Å². The molecule has 2 aliphatic rings. The summed E-state index contributed by atoms with van der Waals surface area (Å²) in [5.74, 6) is 6.98. The first-order chi connectivity index (χ1) is 5.20. The van der Waals surface area contributed by atoms with Crippen molar-refractivity contribution in [2.75, 3.05) is 23.5 Å². The summed E-state index contributed by atoms with van der Waals surface area (Å²) in [5.41, 5.74) is 0. The summed E-state index contributed by atoms with van der Waals surface area (Å²) in [4.78, 5) is 0. The van der Waals surface area contributed by atoms with Gasteiger partial charge in [-0.2, -0.15) is 0 Å². The summed E-state index contributed by atoms with van der Waals surface area (Å²) in [5, 5.41) is 0. The highest BCUT2D eigenvalue weighted by atomic mass is 32.3. The second-order valence-corrected chi connectivity index (χ2v) is 8.83. The van der Waals surface area contributed by atoms with Crippen LogP contribution in [0, 0.1) is 11.8 Å². The molecule has 0 bridgehead atoms. The van der Waals surface area contributed by atoms with E-state index in [1.807, 2.05) is 0 Å². The standard InChI is InChI=1S/C10H20S/c1-9-4-3-5-10(9)8-11(2)6-7-11/h9-10H,3-8H2,1-2H3/t9-,10?/m0/s1. The third kappa shape index (κ3) is 1.74. The van der Waals surface area contributed by atoms with Gasteiger partial charge in [-0.3, -0.25) is 0 Å². The van der Waals surface area contributed by atoms with Crippen molar-refractivity contribution in [1.82, 2.24) is 0 Å². The van der Waals surface area contributed by atoms with Crippen molar-refractivity contribution in [1.29, 1.82) is 0 Å². The number of rotatable bonds is 2. The molecule has 2 atom stereocenters. The molecule has 1 aliphatic carbocycles. The van der Waals surface area contributed by atoms with Crippen LogP contribution in [0.4, 0.5) is 0 Å². The Morgan fingerprint density at radius 3 is 2.45 bits per heavy atom. The first-order valence-corrected chi connectivity index (χ1v) is 7.46. The molecule has 2 rings (SSSR count). The van der Waals surface area contributed by atoms with Gasteiger partial charge in [0.25, 0.3) is 0 Å². The monoisotopic (exact) mass is 172 g/mol. The van der Waals surface area contributed by atoms with Crippen molar-refractivity contribution in [2.45, 2.75) is 26.2 Å². The molecular weight excluding hydrogens is 152 g/mol. The zero-order valence-electron chi connectivity index (χ0n) is 7.81. The molecule has 0 aromatic heterocycles. The molecule has 1 heteroatoms. The Bertz CT molecular complexity index is 149. The lowest BCUT2D eigenvalue weighted by atomic mass is 10.0. The smallest absolute Gasteiger partial charge is 0.0153 e. The molecule has 1 aliphatic heterocycles. The van der Waals surface area contributed by atoms with Gasteiger partial charge in [0.2, 0.25) is 0 Å². The van der Waals surface area contributed by atoms with Gasteiger partial charge in [0.15, 0.2) is 0 Å². The van der Waals surface area contributed by atoms with E-state index in [0.29, 0.717) is 0 Å². The van der Waals surface area contributed by atoms with Crippen LogP contribution >= 0.6 is 10.0 Å². The molecule has 2 fully saturated rings. The van der Waals surface area contributed by atoms with Crippen molar-refractivity contribution in [3.05, 3.63) is 0 Å². The van der Waals surface area contributed by atoms with E-state index in [2.05, 4.69) is 13.2 Å². The molecule has 1 saturated heterocycles. The maximum atomic E-state index is 2.55. The molecule has 1 heterocycles. The fourth-order valence-corrected chi connectivity index (χ4v) is 5.30. The van der Waals surface area contributed by atoms with Crippen LogP contribution in [-0.2, 0) is 0 Å². The number of hydrogen-bond donors (Lipinski definition) is 0. The topological polar surface area (TPSA) is 0 Å². The Morgan fingerprint density at radius 2 is 2.00 bits per heavy atom. The van der Waals surface area contributed by atoms with Gasteiger partial charge >= 0.3 is 0 Å². The summed E-state index contributed by atoms with van der Waals surface area (Å²) in [6, 6.07) is 0. The third-order valence-electron chi connectivity index (χ3n) is 3.56. The maximum absolute atomic E-state index is 2.55. The Morgan fingerprint density at radius 1 is 1.27 bits per heavy atom. The normalized spacial score (nSPS) is 43.8. The van der Waals surface area contributed by atoms with Gasteiger partial charge in [-0.25, -0.2) is 10.0 Å². The Hall–Kier alpha value is 0.350. The second-order valence-electron chi connectivity index (χ2n) is 4.72. The molecule has 0 spiro atoms. The lowest BCUT2D eigenvalue weighted by molar-refractivity contribution is 0.464. The quantitative estimate of drug-likeness (QED) is 0.562. The molecule has 1 unspecified atom stereocenters. The summed E-state index contributed by atoms with van der Waals surface area (Å²) in [6.07, 6.45) is 7.13. The average Bonchev–Trinajstić information content (AvgIpc) is 2.54. The highest BCUT2D eigenvalue weighted by Gasteiger charge is 2.36. The first-order valence-electron chi connectivity index (χ1n) is 4.91. The van der Waals surface area contributed by atoms with E-state index in [4.69, 9.17) is 0 Å². The van der Waals surface area contributed by atoms with Gasteiger partial charge in [-0.05, 0) is 41.8 Å². The predicted molar refractivity (Wildman–Crippen MR) is 54.6 cm³/mol. The van der Waals surface area contributed by atoms with Crippen LogP contribution in [-0.4, -0.2) is 23.5 Å². The van der Waals surface area contributed by atoms with E-state index < -0.39 is 0 Å². The zero-order chi connectivity index (χ0) is 7.90. The molecule has 11 heavy (non-hydrogen) atoms. The van der Waals surface area contributed by atoms with Crippen molar-refractivity contribution in [2.24, 2.45) is 11.8 Å². The van der Waals surface area contributed by atoms with Crippen LogP contribution in [0.5, 0.6) is 0 Å². The highest BCUT2D eigenvalue weighted by molar-refractivity contribution is 8.38. The molecule has 0 aromatic rings. The maximum Gasteiger partial charge on any atom is -0.0153 e. The van der Waals surface area contributed by atoms with Crippen LogP contribution in [0.2, 0.25) is 0 Å². The predicted octanol–water partition coefficient (Wildman–Crippen LogP) is 2.87. The van der Waals surface area contributed by atoms with Crippen molar-refractivity contribution < 1.29 is 0 Å². The highest BCUT2D eigenvalue weighted by Crippen LogP contribution is 2.60. The second kappa shape index (κ2) is 2.69. The van der Waals surface area contributed by atoms with Crippen molar-refractivity contribution in [3.8, 4) is 0 Å². The van der Waals surface area contributed by atoms with Gasteiger partial charge in [0.05, 0.1) is 0 Å². The van der Waals surface area contributed by atoms with Gasteiger partial charge in [0.1, 0.15) is 0 Å². The summed E-state index contributed by atoms with van der Waals surface area (Å²) < 4.78 is 0. The largest absolute Gasteiger partial charge is 0.242 e. The van der Waals surface area contributed by atoms with Crippen LogP contribution in [0.3, 0.4) is 0 Å². The molecule has 0 N–H and O–H groups in total. The fraction of sp³-hybridized carbons (Fsp3) is 1.00.